The van der Waals surface area contributed by atoms with Crippen molar-refractivity contribution in [2.45, 2.75) is 42.4 Å². The molecule has 1 saturated carbocycles. The van der Waals surface area contributed by atoms with E-state index in [1.165, 1.54) is 11.3 Å². The molecule has 1 heterocycles. The molecule has 23 heavy (non-hydrogen) atoms. The third kappa shape index (κ3) is 3.63. The molecule has 0 aliphatic heterocycles. The number of hydrogen-bond donors (Lipinski definition) is 1. The van der Waals surface area contributed by atoms with Gasteiger partial charge in [0.1, 0.15) is 4.90 Å². The normalized spacial score (nSPS) is 18.0. The third-order valence-corrected chi connectivity index (χ3v) is 7.60. The summed E-state index contributed by atoms with van der Waals surface area (Å²) in [5.74, 6) is 0. The fraction of sp³-hybridized carbons (Fsp3) is 0.412. The molecule has 3 rings (SSSR count). The highest BCUT2D eigenvalue weighted by Crippen LogP contribution is 2.41. The topological polar surface area (TPSA) is 46.2 Å². The lowest BCUT2D eigenvalue weighted by molar-refractivity contribution is 0.298. The summed E-state index contributed by atoms with van der Waals surface area (Å²) in [6, 6.07) is 10.7. The molecule has 1 aromatic heterocycles. The number of sulfonamides is 1. The highest BCUT2D eigenvalue weighted by molar-refractivity contribution is 7.89. The fourth-order valence-corrected chi connectivity index (χ4v) is 5.92. The van der Waals surface area contributed by atoms with Crippen LogP contribution >= 0.6 is 22.9 Å². The van der Waals surface area contributed by atoms with Crippen LogP contribution in [0.1, 0.15) is 37.0 Å². The van der Waals surface area contributed by atoms with E-state index in [1.54, 1.807) is 35.6 Å². The van der Waals surface area contributed by atoms with Crippen LogP contribution in [0.4, 0.5) is 0 Å². The summed E-state index contributed by atoms with van der Waals surface area (Å²) < 4.78 is 28.0. The first-order valence-corrected chi connectivity index (χ1v) is 10.6. The molecule has 0 spiro atoms. The summed E-state index contributed by atoms with van der Waals surface area (Å²) >= 11 is 7.76. The van der Waals surface area contributed by atoms with Gasteiger partial charge in [-0.3, -0.25) is 0 Å². The van der Waals surface area contributed by atoms with E-state index in [4.69, 9.17) is 11.6 Å². The van der Waals surface area contributed by atoms with E-state index in [0.29, 0.717) is 6.54 Å². The lowest BCUT2D eigenvalue weighted by Gasteiger charge is -2.36. The van der Waals surface area contributed by atoms with Crippen molar-refractivity contribution in [2.24, 2.45) is 0 Å². The van der Waals surface area contributed by atoms with Crippen LogP contribution in [0.25, 0.3) is 0 Å². The van der Waals surface area contributed by atoms with Crippen molar-refractivity contribution in [1.82, 2.24) is 4.72 Å². The standard InChI is InChI=1S/C17H20ClNO2S2/c18-14-7-2-3-8-15(14)23(20,21)19-13-17(10-4-1-5-11-17)16-9-6-12-22-16/h2-3,6-9,12,19H,1,4-5,10-11,13H2. The number of nitrogens with one attached hydrogen (secondary N) is 1. The molecular formula is C17H20ClNO2S2. The van der Waals surface area contributed by atoms with E-state index in [0.717, 1.165) is 25.7 Å². The van der Waals surface area contributed by atoms with E-state index < -0.39 is 10.0 Å². The molecule has 0 bridgehead atoms. The number of thiophene rings is 1. The fourth-order valence-electron chi connectivity index (χ4n) is 3.29. The summed E-state index contributed by atoms with van der Waals surface area (Å²) in [5, 5.41) is 2.32. The maximum absolute atomic E-state index is 12.6. The number of hydrogen-bond acceptors (Lipinski definition) is 3. The van der Waals surface area contributed by atoms with Crippen LogP contribution in [-0.4, -0.2) is 15.0 Å². The van der Waals surface area contributed by atoms with Gasteiger partial charge in [0.25, 0.3) is 0 Å². The molecular weight excluding hydrogens is 350 g/mol. The Hall–Kier alpha value is -0.880. The first kappa shape index (κ1) is 17.0. The highest BCUT2D eigenvalue weighted by atomic mass is 35.5. The Morgan fingerprint density at radius 1 is 1.09 bits per heavy atom. The van der Waals surface area contributed by atoms with E-state index in [1.807, 2.05) is 6.07 Å². The van der Waals surface area contributed by atoms with Crippen LogP contribution in [0.3, 0.4) is 0 Å². The quantitative estimate of drug-likeness (QED) is 0.838. The summed E-state index contributed by atoms with van der Waals surface area (Å²) in [6.07, 6.45) is 5.57. The monoisotopic (exact) mass is 369 g/mol. The maximum Gasteiger partial charge on any atom is 0.242 e. The number of rotatable bonds is 5. The molecule has 1 fully saturated rings. The van der Waals surface area contributed by atoms with Crippen molar-refractivity contribution in [3.8, 4) is 0 Å². The third-order valence-electron chi connectivity index (χ3n) is 4.58. The van der Waals surface area contributed by atoms with Crippen molar-refractivity contribution in [2.75, 3.05) is 6.54 Å². The van der Waals surface area contributed by atoms with Crippen molar-refractivity contribution in [3.63, 3.8) is 0 Å². The van der Waals surface area contributed by atoms with Gasteiger partial charge in [-0.25, -0.2) is 13.1 Å². The van der Waals surface area contributed by atoms with Gasteiger partial charge in [0.2, 0.25) is 10.0 Å². The second kappa shape index (κ2) is 6.93. The molecule has 0 unspecified atom stereocenters. The van der Waals surface area contributed by atoms with Crippen molar-refractivity contribution < 1.29 is 8.42 Å². The van der Waals surface area contributed by atoms with Gasteiger partial charge in [-0.15, -0.1) is 11.3 Å². The summed E-state index contributed by atoms with van der Waals surface area (Å²) in [4.78, 5) is 1.43. The first-order chi connectivity index (χ1) is 11.0. The summed E-state index contributed by atoms with van der Waals surface area (Å²) in [5.41, 5.74) is -0.0826. The van der Waals surface area contributed by atoms with Gasteiger partial charge in [0.15, 0.2) is 0 Å². The zero-order valence-corrected chi connectivity index (χ0v) is 15.2. The molecule has 0 radical (unpaired) electrons. The smallest absolute Gasteiger partial charge is 0.210 e. The van der Waals surface area contributed by atoms with Gasteiger partial charge in [0.05, 0.1) is 5.02 Å². The summed E-state index contributed by atoms with van der Waals surface area (Å²) in [6.45, 7) is 0.432. The van der Waals surface area contributed by atoms with Crippen LogP contribution < -0.4 is 4.72 Å². The minimum Gasteiger partial charge on any atom is -0.210 e. The first-order valence-electron chi connectivity index (χ1n) is 7.82. The molecule has 6 heteroatoms. The number of halogens is 1. The molecule has 1 N–H and O–H groups in total. The number of benzene rings is 1. The van der Waals surface area contributed by atoms with Gasteiger partial charge in [-0.2, -0.15) is 0 Å². The Morgan fingerprint density at radius 3 is 2.48 bits per heavy atom. The minimum atomic E-state index is -3.60. The molecule has 1 aliphatic carbocycles. The van der Waals surface area contributed by atoms with Crippen molar-refractivity contribution >= 4 is 33.0 Å². The van der Waals surface area contributed by atoms with Crippen LogP contribution in [-0.2, 0) is 15.4 Å². The van der Waals surface area contributed by atoms with Crippen LogP contribution in [0.15, 0.2) is 46.7 Å². The van der Waals surface area contributed by atoms with Crippen LogP contribution in [0.5, 0.6) is 0 Å². The predicted molar refractivity (Wildman–Crippen MR) is 95.7 cm³/mol. The minimum absolute atomic E-state index is 0.0826. The second-order valence-corrected chi connectivity index (χ2v) is 9.16. The Morgan fingerprint density at radius 2 is 1.83 bits per heavy atom. The van der Waals surface area contributed by atoms with E-state index in [2.05, 4.69) is 16.2 Å². The molecule has 124 valence electrons. The van der Waals surface area contributed by atoms with E-state index >= 15 is 0 Å². The molecule has 0 atom stereocenters. The predicted octanol–water partition coefficient (Wildman–Crippen LogP) is 4.58. The van der Waals surface area contributed by atoms with Gasteiger partial charge in [-0.1, -0.05) is 49.1 Å². The van der Waals surface area contributed by atoms with Crippen LogP contribution in [0, 0.1) is 0 Å². The lowest BCUT2D eigenvalue weighted by atomic mass is 9.73. The molecule has 2 aromatic rings. The van der Waals surface area contributed by atoms with Gasteiger partial charge in [-0.05, 0) is 36.4 Å². The second-order valence-electron chi connectivity index (χ2n) is 6.07. The summed E-state index contributed by atoms with van der Waals surface area (Å²) in [7, 11) is -3.60. The molecule has 1 aliphatic rings. The van der Waals surface area contributed by atoms with Crippen LogP contribution in [0.2, 0.25) is 5.02 Å². The maximum atomic E-state index is 12.6. The zero-order valence-electron chi connectivity index (χ0n) is 12.8. The molecule has 0 saturated heterocycles. The lowest BCUT2D eigenvalue weighted by Crippen LogP contribution is -2.41. The molecule has 0 amide bonds. The van der Waals surface area contributed by atoms with Gasteiger partial charge >= 0.3 is 0 Å². The SMILES string of the molecule is O=S(=O)(NCC1(c2cccs2)CCCCC1)c1ccccc1Cl. The molecule has 1 aromatic carbocycles. The highest BCUT2D eigenvalue weighted by Gasteiger charge is 2.36. The average Bonchev–Trinajstić information content (AvgIpc) is 3.09. The Balaban J connectivity index is 1.83. The molecule has 3 nitrogen and oxygen atoms in total. The van der Waals surface area contributed by atoms with Crippen molar-refractivity contribution in [1.29, 1.82) is 0 Å². The zero-order chi connectivity index (χ0) is 16.3. The largest absolute Gasteiger partial charge is 0.242 e. The Bertz CT molecular complexity index is 751. The van der Waals surface area contributed by atoms with E-state index in [-0.39, 0.29) is 15.3 Å². The van der Waals surface area contributed by atoms with Crippen molar-refractivity contribution in [3.05, 3.63) is 51.7 Å². The van der Waals surface area contributed by atoms with Gasteiger partial charge in [0, 0.05) is 16.8 Å². The Labute approximate surface area is 146 Å². The van der Waals surface area contributed by atoms with E-state index in [9.17, 15) is 8.42 Å². The average molecular weight is 370 g/mol. The Kier molecular flexibility index (Phi) is 5.11. The van der Waals surface area contributed by atoms with Gasteiger partial charge < -0.3 is 0 Å².